The van der Waals surface area contributed by atoms with Crippen LogP contribution in [-0.2, 0) is 20.8 Å². The van der Waals surface area contributed by atoms with Gasteiger partial charge in [0.25, 0.3) is 0 Å². The third-order valence-electron chi connectivity index (χ3n) is 1.99. The van der Waals surface area contributed by atoms with E-state index in [2.05, 4.69) is 22.9 Å². The number of unbranched alkanes of at least 4 members (excludes halogenated alkanes) is 6. The second-order valence-electron chi connectivity index (χ2n) is 3.49. The Kier molecular flexibility index (Phi) is 16.1. The van der Waals surface area contributed by atoms with Crippen molar-refractivity contribution >= 4 is 10.8 Å². The maximum absolute atomic E-state index is 10.1. The summed E-state index contributed by atoms with van der Waals surface area (Å²) in [4.78, 5) is 17.7. The summed E-state index contributed by atoms with van der Waals surface area (Å²) < 4.78 is 0. The Morgan fingerprint density at radius 1 is 0.938 bits per heavy atom. The van der Waals surface area contributed by atoms with E-state index in [0.29, 0.717) is 6.42 Å². The molecule has 0 radical (unpaired) electrons. The van der Waals surface area contributed by atoms with Gasteiger partial charge in [0.05, 0.1) is 0 Å². The summed E-state index contributed by atoms with van der Waals surface area (Å²) in [5.41, 5.74) is 0. The van der Waals surface area contributed by atoms with Crippen LogP contribution in [-0.4, -0.2) is 21.1 Å². The Labute approximate surface area is 105 Å². The van der Waals surface area contributed by atoms with Crippen LogP contribution in [0.15, 0.2) is 0 Å². The van der Waals surface area contributed by atoms with E-state index in [4.69, 9.17) is 15.0 Å². The van der Waals surface area contributed by atoms with E-state index in [-0.39, 0.29) is 0 Å². The summed E-state index contributed by atoms with van der Waals surface area (Å²) in [6.07, 6.45) is 8.64. The molecular formula is C11H21CuO4. The summed E-state index contributed by atoms with van der Waals surface area (Å²) in [5, 5.41) is 15.6. The molecule has 0 amide bonds. The van der Waals surface area contributed by atoms with Gasteiger partial charge in [0.1, 0.15) is 0 Å². The minimum absolute atomic E-state index is 0.341. The van der Waals surface area contributed by atoms with E-state index in [9.17, 15) is 4.79 Å². The number of rotatable bonds is 8. The standard InChI is InChI=1S/C10H20O2.CHO2.Cu/c1-2-3-4-5-6-7-8-9-10(11)12;2-1-3;/h2-9H2,1H3,(H,11,12);(H,2,3);. The molecule has 0 bridgehead atoms. The van der Waals surface area contributed by atoms with Gasteiger partial charge >= 0.3 is 36.8 Å². The van der Waals surface area contributed by atoms with Crippen molar-refractivity contribution in [1.29, 1.82) is 0 Å². The summed E-state index contributed by atoms with van der Waals surface area (Å²) >= 11 is 3.66. The molecule has 100 valence electrons. The molecule has 0 spiro atoms. The first-order valence-corrected chi connectivity index (χ1v) is 6.04. The summed E-state index contributed by atoms with van der Waals surface area (Å²) in [6, 6.07) is 0. The molecule has 0 aromatic rings. The van der Waals surface area contributed by atoms with Crippen LogP contribution >= 0.6 is 0 Å². The van der Waals surface area contributed by atoms with Gasteiger partial charge in [0.15, 0.2) is 0 Å². The van der Waals surface area contributed by atoms with Crippen LogP contribution in [0, 0.1) is 0 Å². The fourth-order valence-electron chi connectivity index (χ4n) is 1.23. The van der Waals surface area contributed by atoms with Crippen LogP contribution in [0.4, 0.5) is 4.79 Å². The Morgan fingerprint density at radius 3 is 1.69 bits per heavy atom. The molecule has 0 saturated carbocycles. The van der Waals surface area contributed by atoms with Crippen molar-refractivity contribution < 1.29 is 35.8 Å². The monoisotopic (exact) mass is 280 g/mol. The van der Waals surface area contributed by atoms with Crippen molar-refractivity contribution in [2.24, 2.45) is 0 Å². The SMILES string of the molecule is CCCCCCCCCC(=O)O.O=[C](O)[Cu]. The molecule has 0 saturated heterocycles. The zero-order valence-corrected chi connectivity index (χ0v) is 10.6. The Hall–Kier alpha value is -0.541. The van der Waals surface area contributed by atoms with Crippen LogP contribution in [0.2, 0.25) is 0 Å². The first-order valence-electron chi connectivity index (χ1n) is 5.57. The van der Waals surface area contributed by atoms with Crippen LogP contribution in [0.25, 0.3) is 0 Å². The van der Waals surface area contributed by atoms with Gasteiger partial charge in [-0.25, -0.2) is 0 Å². The maximum atomic E-state index is 10.1. The van der Waals surface area contributed by atoms with E-state index < -0.39 is 10.8 Å². The van der Waals surface area contributed by atoms with E-state index in [1.165, 1.54) is 32.1 Å². The van der Waals surface area contributed by atoms with Gasteiger partial charge in [-0.05, 0) is 6.42 Å². The second kappa shape index (κ2) is 14.5. The summed E-state index contributed by atoms with van der Waals surface area (Å²) in [6.45, 7) is 2.20. The predicted molar refractivity (Wildman–Crippen MR) is 58.3 cm³/mol. The third kappa shape index (κ3) is 29.2. The van der Waals surface area contributed by atoms with Crippen molar-refractivity contribution in [2.45, 2.75) is 58.3 Å². The number of carbonyl (C=O) groups is 2. The molecule has 5 heteroatoms. The molecule has 0 rings (SSSR count). The molecule has 0 fully saturated rings. The molecule has 0 aliphatic heterocycles. The number of aliphatic carboxylic acids is 1. The van der Waals surface area contributed by atoms with Gasteiger partial charge < -0.3 is 5.11 Å². The molecule has 0 aliphatic rings. The average Bonchev–Trinajstić information content (AvgIpc) is 2.15. The molecule has 0 heterocycles. The van der Waals surface area contributed by atoms with E-state index in [1.54, 1.807) is 0 Å². The molecule has 2 N–H and O–H groups in total. The first kappa shape index (κ1) is 17.8. The van der Waals surface area contributed by atoms with Crippen molar-refractivity contribution in [3.05, 3.63) is 0 Å². The number of hydrogen-bond acceptors (Lipinski definition) is 2. The van der Waals surface area contributed by atoms with Crippen LogP contribution < -0.4 is 0 Å². The quantitative estimate of drug-likeness (QED) is 0.528. The molecule has 0 unspecified atom stereocenters. The van der Waals surface area contributed by atoms with Gasteiger partial charge in [0, 0.05) is 6.42 Å². The van der Waals surface area contributed by atoms with Gasteiger partial charge in [-0.1, -0.05) is 45.4 Å². The van der Waals surface area contributed by atoms with Gasteiger partial charge in [0.2, 0.25) is 0 Å². The van der Waals surface area contributed by atoms with Crippen molar-refractivity contribution in [3.8, 4) is 0 Å². The van der Waals surface area contributed by atoms with Crippen LogP contribution in [0.3, 0.4) is 0 Å². The Bertz CT molecular complexity index is 179. The third-order valence-corrected chi connectivity index (χ3v) is 1.99. The van der Waals surface area contributed by atoms with Gasteiger partial charge in [-0.3, -0.25) is 4.79 Å². The second-order valence-corrected chi connectivity index (χ2v) is 3.89. The van der Waals surface area contributed by atoms with E-state index in [1.807, 2.05) is 0 Å². The normalized spacial score (nSPS) is 9.19. The summed E-state index contributed by atoms with van der Waals surface area (Å²) in [5.74, 6) is -0.663. The molecule has 4 nitrogen and oxygen atoms in total. The Morgan fingerprint density at radius 2 is 1.31 bits per heavy atom. The molecule has 16 heavy (non-hydrogen) atoms. The predicted octanol–water partition coefficient (Wildman–Crippen LogP) is 3.42. The topological polar surface area (TPSA) is 74.6 Å². The molecule has 0 aromatic heterocycles. The van der Waals surface area contributed by atoms with Gasteiger partial charge in [-0.15, -0.1) is 0 Å². The van der Waals surface area contributed by atoms with E-state index in [0.717, 1.165) is 12.8 Å². The van der Waals surface area contributed by atoms with Crippen molar-refractivity contribution in [1.82, 2.24) is 0 Å². The van der Waals surface area contributed by atoms with E-state index >= 15 is 0 Å². The van der Waals surface area contributed by atoms with Gasteiger partial charge in [-0.2, -0.15) is 0 Å². The average molecular weight is 281 g/mol. The minimum atomic E-state index is -1.27. The van der Waals surface area contributed by atoms with Crippen molar-refractivity contribution in [3.63, 3.8) is 0 Å². The van der Waals surface area contributed by atoms with Crippen LogP contribution in [0.1, 0.15) is 58.3 Å². The first-order chi connectivity index (χ1) is 7.50. The molecule has 0 aromatic carbocycles. The number of carboxylic acid groups (broad SMARTS) is 2. The molecule has 0 aliphatic carbocycles. The van der Waals surface area contributed by atoms with Crippen molar-refractivity contribution in [2.75, 3.05) is 0 Å². The fraction of sp³-hybridized carbons (Fsp3) is 0.818. The zero-order valence-electron chi connectivity index (χ0n) is 9.67. The number of hydrogen-bond donors (Lipinski definition) is 2. The number of carboxylic acids is 1. The van der Waals surface area contributed by atoms with Crippen LogP contribution in [0.5, 0.6) is 0 Å². The molecule has 0 atom stereocenters. The molecular weight excluding hydrogens is 260 g/mol. The summed E-state index contributed by atoms with van der Waals surface area (Å²) in [7, 11) is 0. The zero-order chi connectivity index (χ0) is 12.8. The Balaban J connectivity index is 0. The fourth-order valence-corrected chi connectivity index (χ4v) is 1.23.